The van der Waals surface area contributed by atoms with Gasteiger partial charge in [0.2, 0.25) is 5.91 Å². The quantitative estimate of drug-likeness (QED) is 0.330. The number of fused-ring (bicyclic) bond motifs is 2. The van der Waals surface area contributed by atoms with E-state index >= 15 is 0 Å². The van der Waals surface area contributed by atoms with E-state index in [1.807, 2.05) is 12.1 Å². The molecule has 1 unspecified atom stereocenters. The summed E-state index contributed by atoms with van der Waals surface area (Å²) in [5.74, 6) is -0.497. The number of hydrogen-bond acceptors (Lipinski definition) is 7. The van der Waals surface area contributed by atoms with Crippen molar-refractivity contribution in [2.45, 2.75) is 19.4 Å². The molecule has 2 aromatic carbocycles. The molecule has 8 nitrogen and oxygen atoms in total. The van der Waals surface area contributed by atoms with Crippen molar-refractivity contribution in [2.75, 3.05) is 11.9 Å². The van der Waals surface area contributed by atoms with Crippen LogP contribution in [0.2, 0.25) is 0 Å². The summed E-state index contributed by atoms with van der Waals surface area (Å²) in [6, 6.07) is 11.4. The molecule has 5 aromatic rings. The molecule has 0 aliphatic carbocycles. The summed E-state index contributed by atoms with van der Waals surface area (Å²) in [5, 5.41) is 12.3. The smallest absolute Gasteiger partial charge is 0.254 e. The van der Waals surface area contributed by atoms with Crippen LogP contribution >= 0.6 is 11.3 Å². The minimum atomic E-state index is -0.531. The van der Waals surface area contributed by atoms with Gasteiger partial charge in [0.05, 0.1) is 28.5 Å². The zero-order valence-corrected chi connectivity index (χ0v) is 20.2. The third-order valence-corrected chi connectivity index (χ3v) is 7.43. The van der Waals surface area contributed by atoms with Gasteiger partial charge in [0.15, 0.2) is 0 Å². The predicted octanol–water partition coefficient (Wildman–Crippen LogP) is 4.58. The zero-order chi connectivity index (χ0) is 24.6. The maximum Gasteiger partial charge on any atom is 0.254 e. The first-order chi connectivity index (χ1) is 17.6. The molecule has 3 N–H and O–H groups in total. The highest BCUT2D eigenvalue weighted by Crippen LogP contribution is 2.35. The van der Waals surface area contributed by atoms with Gasteiger partial charge in [-0.25, -0.2) is 0 Å². The van der Waals surface area contributed by atoms with Gasteiger partial charge in [-0.1, -0.05) is 6.07 Å². The van der Waals surface area contributed by atoms with Crippen LogP contribution < -0.4 is 16.0 Å². The molecule has 178 valence electrons. The number of carbonyl (C=O) groups excluding carboxylic acids is 2. The fourth-order valence-corrected chi connectivity index (χ4v) is 5.43. The van der Waals surface area contributed by atoms with Gasteiger partial charge in [0.25, 0.3) is 5.91 Å². The van der Waals surface area contributed by atoms with Crippen LogP contribution in [0.5, 0.6) is 0 Å². The molecule has 36 heavy (non-hydrogen) atoms. The zero-order valence-electron chi connectivity index (χ0n) is 19.4. The van der Waals surface area contributed by atoms with E-state index in [1.165, 1.54) is 15.6 Å². The van der Waals surface area contributed by atoms with Gasteiger partial charge in [0.1, 0.15) is 6.04 Å². The highest BCUT2D eigenvalue weighted by molar-refractivity contribution is 7.17. The van der Waals surface area contributed by atoms with Crippen molar-refractivity contribution in [1.29, 1.82) is 0 Å². The first-order valence-corrected chi connectivity index (χ1v) is 12.5. The second-order valence-electron chi connectivity index (χ2n) is 8.73. The van der Waals surface area contributed by atoms with Gasteiger partial charge < -0.3 is 16.0 Å². The number of hydrogen-bond donors (Lipinski definition) is 3. The Morgan fingerprint density at radius 3 is 2.86 bits per heavy atom. The molecule has 0 bridgehead atoms. The second kappa shape index (κ2) is 9.01. The van der Waals surface area contributed by atoms with Crippen LogP contribution in [0.3, 0.4) is 0 Å². The number of amides is 2. The summed E-state index contributed by atoms with van der Waals surface area (Å²) in [6.07, 6.45) is 7.09. The molecule has 0 spiro atoms. The Hall–Kier alpha value is -4.37. The SMILES string of the molecule is Cc1csc2ccc(-c3cc(Nc4cnccc4C(=O)NC4CCNC4=O)cc4nccnc34)cc12. The molecule has 2 amide bonds. The van der Waals surface area contributed by atoms with Crippen LogP contribution in [0, 0.1) is 6.92 Å². The lowest BCUT2D eigenvalue weighted by atomic mass is 10.0. The first-order valence-electron chi connectivity index (χ1n) is 11.6. The van der Waals surface area contributed by atoms with E-state index in [4.69, 9.17) is 0 Å². The van der Waals surface area contributed by atoms with Crippen LogP contribution in [-0.4, -0.2) is 39.4 Å². The minimum Gasteiger partial charge on any atom is -0.354 e. The fourth-order valence-electron chi connectivity index (χ4n) is 4.51. The highest BCUT2D eigenvalue weighted by atomic mass is 32.1. The van der Waals surface area contributed by atoms with Crippen molar-refractivity contribution in [3.05, 3.63) is 77.7 Å². The van der Waals surface area contributed by atoms with Gasteiger partial charge in [-0.05, 0) is 65.6 Å². The standard InChI is InChI=1S/C27H22N6O2S/c1-15-14-36-24-3-2-16(10-19(15)24)20-11-17(12-22-25(20)30-9-8-29-22)32-23-13-28-6-4-18(23)26(34)33-21-5-7-31-27(21)35/h2-4,6,8-14,21,32H,5,7H2,1H3,(H,31,35)(H,33,34). The molecule has 1 fully saturated rings. The maximum atomic E-state index is 13.0. The lowest BCUT2D eigenvalue weighted by Gasteiger charge is -2.15. The summed E-state index contributed by atoms with van der Waals surface area (Å²) in [7, 11) is 0. The summed E-state index contributed by atoms with van der Waals surface area (Å²) < 4.78 is 1.24. The van der Waals surface area contributed by atoms with Gasteiger partial charge in [-0.2, -0.15) is 0 Å². The molecule has 1 aliphatic rings. The molecule has 1 saturated heterocycles. The molecule has 3 aromatic heterocycles. The van der Waals surface area contributed by atoms with E-state index in [-0.39, 0.29) is 11.8 Å². The Balaban J connectivity index is 1.39. The van der Waals surface area contributed by atoms with Crippen molar-refractivity contribution < 1.29 is 9.59 Å². The monoisotopic (exact) mass is 494 g/mol. The van der Waals surface area contributed by atoms with Crippen molar-refractivity contribution in [3.63, 3.8) is 0 Å². The van der Waals surface area contributed by atoms with Crippen molar-refractivity contribution >= 4 is 55.6 Å². The number of nitrogens with one attached hydrogen (secondary N) is 3. The Bertz CT molecular complexity index is 1650. The number of aryl methyl sites for hydroxylation is 1. The Morgan fingerprint density at radius 1 is 1.11 bits per heavy atom. The van der Waals surface area contributed by atoms with E-state index in [2.05, 4.69) is 61.4 Å². The first kappa shape index (κ1) is 22.1. The summed E-state index contributed by atoms with van der Waals surface area (Å²) in [6.45, 7) is 2.67. The summed E-state index contributed by atoms with van der Waals surface area (Å²) >= 11 is 1.73. The number of aromatic nitrogens is 3. The fraction of sp³-hybridized carbons (Fsp3) is 0.148. The van der Waals surface area contributed by atoms with Gasteiger partial charge in [-0.15, -0.1) is 11.3 Å². The molecule has 0 radical (unpaired) electrons. The molecular formula is C27H22N6O2S. The van der Waals surface area contributed by atoms with Crippen LogP contribution in [0.4, 0.5) is 11.4 Å². The number of thiophene rings is 1. The number of rotatable bonds is 5. The van der Waals surface area contributed by atoms with Crippen LogP contribution in [0.1, 0.15) is 22.3 Å². The summed E-state index contributed by atoms with van der Waals surface area (Å²) in [5.41, 5.74) is 6.43. The van der Waals surface area contributed by atoms with Gasteiger partial charge in [-0.3, -0.25) is 24.5 Å². The van der Waals surface area contributed by atoms with Gasteiger partial charge in [0, 0.05) is 41.1 Å². The van der Waals surface area contributed by atoms with Crippen molar-refractivity contribution in [2.24, 2.45) is 0 Å². The number of pyridine rings is 1. The van der Waals surface area contributed by atoms with Crippen LogP contribution in [0.15, 0.2) is 66.6 Å². The number of anilines is 2. The van der Waals surface area contributed by atoms with E-state index in [9.17, 15) is 9.59 Å². The number of nitrogens with zero attached hydrogens (tertiary/aromatic N) is 3. The average molecular weight is 495 g/mol. The third kappa shape index (κ3) is 4.03. The maximum absolute atomic E-state index is 13.0. The van der Waals surface area contributed by atoms with Crippen LogP contribution in [0.25, 0.3) is 32.2 Å². The minimum absolute atomic E-state index is 0.164. The molecule has 9 heteroatoms. The normalized spacial score (nSPS) is 15.2. The summed E-state index contributed by atoms with van der Waals surface area (Å²) in [4.78, 5) is 38.3. The second-order valence-corrected chi connectivity index (χ2v) is 9.64. The molecular weight excluding hydrogens is 472 g/mol. The molecule has 6 rings (SSSR count). The lowest BCUT2D eigenvalue weighted by molar-refractivity contribution is -0.120. The Labute approximate surface area is 210 Å². The Kier molecular flexibility index (Phi) is 5.54. The molecule has 4 heterocycles. The van der Waals surface area contributed by atoms with Crippen molar-refractivity contribution in [1.82, 2.24) is 25.6 Å². The highest BCUT2D eigenvalue weighted by Gasteiger charge is 2.26. The molecule has 1 atom stereocenters. The predicted molar refractivity (Wildman–Crippen MR) is 141 cm³/mol. The largest absolute Gasteiger partial charge is 0.354 e. The molecule has 0 saturated carbocycles. The molecule has 1 aliphatic heterocycles. The van der Waals surface area contributed by atoms with Crippen molar-refractivity contribution in [3.8, 4) is 11.1 Å². The van der Waals surface area contributed by atoms with Gasteiger partial charge >= 0.3 is 0 Å². The van der Waals surface area contributed by atoms with Crippen LogP contribution in [-0.2, 0) is 4.79 Å². The number of carbonyl (C=O) groups is 2. The van der Waals surface area contributed by atoms with E-state index < -0.39 is 6.04 Å². The average Bonchev–Trinajstić information content (AvgIpc) is 3.48. The Morgan fingerprint density at radius 2 is 2.00 bits per heavy atom. The van der Waals surface area contributed by atoms with E-state index in [0.29, 0.717) is 24.2 Å². The van der Waals surface area contributed by atoms with E-state index in [1.54, 1.807) is 42.2 Å². The number of benzene rings is 2. The van der Waals surface area contributed by atoms with E-state index in [0.717, 1.165) is 27.8 Å². The lowest BCUT2D eigenvalue weighted by Crippen LogP contribution is -2.40. The third-order valence-electron chi connectivity index (χ3n) is 6.35. The topological polar surface area (TPSA) is 109 Å².